The van der Waals surface area contributed by atoms with E-state index in [9.17, 15) is 4.79 Å². The Morgan fingerprint density at radius 2 is 2.14 bits per heavy atom. The zero-order chi connectivity index (χ0) is 9.80. The fourth-order valence-electron chi connectivity index (χ4n) is 1.87. The van der Waals surface area contributed by atoms with E-state index in [2.05, 4.69) is 11.4 Å². The van der Waals surface area contributed by atoms with Crippen molar-refractivity contribution in [1.29, 1.82) is 0 Å². The molecule has 1 saturated carbocycles. The molecule has 0 spiro atoms. The molecule has 0 aromatic heterocycles. The maximum absolute atomic E-state index is 11.7. The molecule has 1 amide bonds. The van der Waals surface area contributed by atoms with Gasteiger partial charge < -0.3 is 5.32 Å². The first-order valence-electron chi connectivity index (χ1n) is 5.14. The van der Waals surface area contributed by atoms with Crippen LogP contribution in [0.1, 0.15) is 36.0 Å². The highest BCUT2D eigenvalue weighted by Crippen LogP contribution is 2.17. The van der Waals surface area contributed by atoms with Crippen LogP contribution in [0.15, 0.2) is 24.3 Å². The van der Waals surface area contributed by atoms with Gasteiger partial charge in [0.05, 0.1) is 0 Å². The lowest BCUT2D eigenvalue weighted by atomic mass is 10.2. The Morgan fingerprint density at radius 1 is 1.36 bits per heavy atom. The Kier molecular flexibility index (Phi) is 2.82. The minimum absolute atomic E-state index is 0.0116. The molecular weight excluding hydrogens is 174 g/mol. The van der Waals surface area contributed by atoms with Crippen LogP contribution in [-0.4, -0.2) is 11.9 Å². The Balaban J connectivity index is 1.95. The number of benzene rings is 1. The van der Waals surface area contributed by atoms with Crippen molar-refractivity contribution in [2.75, 3.05) is 0 Å². The highest BCUT2D eigenvalue weighted by molar-refractivity contribution is 5.94. The number of rotatable bonds is 2. The molecule has 2 rings (SSSR count). The van der Waals surface area contributed by atoms with Gasteiger partial charge in [0, 0.05) is 11.6 Å². The Hall–Kier alpha value is -1.31. The zero-order valence-corrected chi connectivity index (χ0v) is 8.12. The van der Waals surface area contributed by atoms with Crippen molar-refractivity contribution < 1.29 is 4.79 Å². The molecule has 73 valence electrons. The number of carbonyl (C=O) groups is 1. The largest absolute Gasteiger partial charge is 0.349 e. The molecule has 1 aliphatic carbocycles. The number of carbonyl (C=O) groups excluding carboxylic acids is 1. The molecule has 1 aromatic rings. The second-order valence-electron chi connectivity index (χ2n) is 3.73. The fourth-order valence-corrected chi connectivity index (χ4v) is 1.87. The van der Waals surface area contributed by atoms with E-state index >= 15 is 0 Å². The van der Waals surface area contributed by atoms with Gasteiger partial charge in [-0.2, -0.15) is 0 Å². The summed E-state index contributed by atoms with van der Waals surface area (Å²) < 4.78 is 0. The van der Waals surface area contributed by atoms with Gasteiger partial charge in [-0.1, -0.05) is 31.0 Å². The summed E-state index contributed by atoms with van der Waals surface area (Å²) in [4.78, 5) is 11.7. The molecule has 0 unspecified atom stereocenters. The smallest absolute Gasteiger partial charge is 0.252 e. The summed E-state index contributed by atoms with van der Waals surface area (Å²) in [7, 11) is 0. The third-order valence-electron chi connectivity index (χ3n) is 2.64. The van der Waals surface area contributed by atoms with Gasteiger partial charge >= 0.3 is 0 Å². The van der Waals surface area contributed by atoms with Crippen LogP contribution in [0.25, 0.3) is 0 Å². The van der Waals surface area contributed by atoms with Crippen LogP contribution in [0.5, 0.6) is 0 Å². The second kappa shape index (κ2) is 4.27. The molecule has 0 saturated heterocycles. The lowest BCUT2D eigenvalue weighted by Crippen LogP contribution is -2.32. The molecule has 1 N–H and O–H groups in total. The molecule has 0 bridgehead atoms. The summed E-state index contributed by atoms with van der Waals surface area (Å²) in [6.07, 6.45) is 4.73. The average molecular weight is 188 g/mol. The van der Waals surface area contributed by atoms with E-state index in [1.54, 1.807) is 12.1 Å². The second-order valence-corrected chi connectivity index (χ2v) is 3.73. The van der Waals surface area contributed by atoms with Gasteiger partial charge in [-0.3, -0.25) is 4.79 Å². The van der Waals surface area contributed by atoms with Crippen LogP contribution >= 0.6 is 0 Å². The van der Waals surface area contributed by atoms with Crippen molar-refractivity contribution in [3.63, 3.8) is 0 Å². The lowest BCUT2D eigenvalue weighted by molar-refractivity contribution is 0.0937. The first kappa shape index (κ1) is 9.25. The molecule has 1 aliphatic rings. The summed E-state index contributed by atoms with van der Waals surface area (Å²) in [6.45, 7) is 0. The van der Waals surface area contributed by atoms with Crippen molar-refractivity contribution >= 4 is 5.91 Å². The molecule has 1 aromatic carbocycles. The van der Waals surface area contributed by atoms with Crippen molar-refractivity contribution in [1.82, 2.24) is 5.32 Å². The van der Waals surface area contributed by atoms with E-state index < -0.39 is 0 Å². The standard InChI is InChI=1S/C12H14NO/c14-12(10-6-2-1-3-7-10)13-11-8-4-5-9-11/h1-3,6,11H,4-5,8-9H2,(H,13,14). The average Bonchev–Trinajstić information content (AvgIpc) is 2.72. The number of amides is 1. The van der Waals surface area contributed by atoms with E-state index in [4.69, 9.17) is 0 Å². The molecule has 0 atom stereocenters. The van der Waals surface area contributed by atoms with E-state index in [1.165, 1.54) is 12.8 Å². The molecular formula is C12H14NO. The number of nitrogens with one attached hydrogen (secondary N) is 1. The van der Waals surface area contributed by atoms with E-state index in [-0.39, 0.29) is 5.91 Å². The first-order chi connectivity index (χ1) is 6.86. The predicted molar refractivity (Wildman–Crippen MR) is 55.0 cm³/mol. The first-order valence-corrected chi connectivity index (χ1v) is 5.14. The summed E-state index contributed by atoms with van der Waals surface area (Å²) >= 11 is 0. The highest BCUT2D eigenvalue weighted by Gasteiger charge is 2.17. The van der Waals surface area contributed by atoms with Gasteiger partial charge in [0.1, 0.15) is 0 Å². The number of hydrogen-bond acceptors (Lipinski definition) is 1. The molecule has 14 heavy (non-hydrogen) atoms. The van der Waals surface area contributed by atoms with E-state index in [1.807, 2.05) is 12.1 Å². The highest BCUT2D eigenvalue weighted by atomic mass is 16.1. The molecule has 2 heteroatoms. The fraction of sp³-hybridized carbons (Fsp3) is 0.417. The van der Waals surface area contributed by atoms with Crippen molar-refractivity contribution in [3.8, 4) is 0 Å². The summed E-state index contributed by atoms with van der Waals surface area (Å²) in [5, 5.41) is 3.02. The predicted octanol–water partition coefficient (Wildman–Crippen LogP) is 2.16. The van der Waals surface area contributed by atoms with Gasteiger partial charge in [0.15, 0.2) is 0 Å². The minimum atomic E-state index is 0.0116. The van der Waals surface area contributed by atoms with Gasteiger partial charge in [-0.15, -0.1) is 0 Å². The molecule has 2 nitrogen and oxygen atoms in total. The van der Waals surface area contributed by atoms with Crippen molar-refractivity contribution in [2.45, 2.75) is 31.7 Å². The van der Waals surface area contributed by atoms with Gasteiger partial charge in [0.25, 0.3) is 5.91 Å². The van der Waals surface area contributed by atoms with E-state index in [0.29, 0.717) is 11.6 Å². The monoisotopic (exact) mass is 188 g/mol. The Bertz CT molecular complexity index is 301. The van der Waals surface area contributed by atoms with Gasteiger partial charge in [-0.05, 0) is 25.0 Å². The van der Waals surface area contributed by atoms with Crippen LogP contribution in [0.2, 0.25) is 0 Å². The summed E-state index contributed by atoms with van der Waals surface area (Å²) in [5.74, 6) is 0.0116. The molecule has 1 fully saturated rings. The summed E-state index contributed by atoms with van der Waals surface area (Å²) in [6, 6.07) is 10.6. The molecule has 1 radical (unpaired) electrons. The summed E-state index contributed by atoms with van der Waals surface area (Å²) in [5.41, 5.74) is 0.638. The maximum Gasteiger partial charge on any atom is 0.252 e. The quantitative estimate of drug-likeness (QED) is 0.757. The minimum Gasteiger partial charge on any atom is -0.349 e. The topological polar surface area (TPSA) is 29.1 Å². The van der Waals surface area contributed by atoms with Crippen LogP contribution in [-0.2, 0) is 0 Å². The lowest BCUT2D eigenvalue weighted by Gasteiger charge is -2.11. The molecule has 0 heterocycles. The van der Waals surface area contributed by atoms with Crippen LogP contribution < -0.4 is 5.32 Å². The third kappa shape index (κ3) is 2.13. The normalized spacial score (nSPS) is 16.9. The van der Waals surface area contributed by atoms with Crippen LogP contribution in [0.4, 0.5) is 0 Å². The number of hydrogen-bond donors (Lipinski definition) is 1. The molecule has 0 aliphatic heterocycles. The van der Waals surface area contributed by atoms with Gasteiger partial charge in [0.2, 0.25) is 0 Å². The SMILES string of the molecule is O=C(NC1CCCC1)c1[c]cccc1. The Morgan fingerprint density at radius 3 is 2.79 bits per heavy atom. The van der Waals surface area contributed by atoms with Gasteiger partial charge in [-0.25, -0.2) is 0 Å². The zero-order valence-electron chi connectivity index (χ0n) is 8.12. The third-order valence-corrected chi connectivity index (χ3v) is 2.64. The van der Waals surface area contributed by atoms with Crippen molar-refractivity contribution in [2.24, 2.45) is 0 Å². The van der Waals surface area contributed by atoms with E-state index in [0.717, 1.165) is 12.8 Å². The van der Waals surface area contributed by atoms with Crippen molar-refractivity contribution in [3.05, 3.63) is 35.9 Å². The van der Waals surface area contributed by atoms with Crippen LogP contribution in [0.3, 0.4) is 0 Å². The Labute approximate surface area is 84.3 Å². The maximum atomic E-state index is 11.7. The van der Waals surface area contributed by atoms with Crippen LogP contribution in [0, 0.1) is 6.07 Å².